The number of methoxy groups -OCH3 is 2. The van der Waals surface area contributed by atoms with Crippen LogP contribution in [0.5, 0.6) is 11.5 Å². The maximum atomic E-state index is 13.3. The third-order valence-corrected chi connectivity index (χ3v) is 6.92. The van der Waals surface area contributed by atoms with E-state index in [-0.39, 0.29) is 11.8 Å². The van der Waals surface area contributed by atoms with Crippen LogP contribution < -0.4 is 14.4 Å². The van der Waals surface area contributed by atoms with Gasteiger partial charge in [0.05, 0.1) is 43.9 Å². The van der Waals surface area contributed by atoms with Gasteiger partial charge < -0.3 is 24.2 Å². The van der Waals surface area contributed by atoms with Gasteiger partial charge in [0.15, 0.2) is 5.82 Å². The van der Waals surface area contributed by atoms with Crippen LogP contribution in [-0.4, -0.2) is 88.3 Å². The normalized spacial score (nSPS) is 15.4. The fraction of sp³-hybridized carbons (Fsp3) is 0.423. The summed E-state index contributed by atoms with van der Waals surface area (Å²) in [7, 11) is 5.00. The van der Waals surface area contributed by atoms with Crippen molar-refractivity contribution >= 4 is 17.6 Å². The van der Waals surface area contributed by atoms with E-state index in [1.165, 1.54) is 0 Å². The molecule has 2 aliphatic rings. The van der Waals surface area contributed by atoms with E-state index in [0.29, 0.717) is 62.8 Å². The number of fused-ring (bicyclic) bond motifs is 1. The molecule has 2 aromatic heterocycles. The number of anilines is 1. The van der Waals surface area contributed by atoms with Crippen LogP contribution >= 0.6 is 0 Å². The molecule has 0 unspecified atom stereocenters. The van der Waals surface area contributed by atoms with Gasteiger partial charge in [0.25, 0.3) is 5.91 Å². The van der Waals surface area contributed by atoms with Gasteiger partial charge in [-0.15, -0.1) is 0 Å². The van der Waals surface area contributed by atoms with Crippen molar-refractivity contribution < 1.29 is 19.1 Å². The molecule has 11 heteroatoms. The van der Waals surface area contributed by atoms with Crippen molar-refractivity contribution in [3.63, 3.8) is 0 Å². The van der Waals surface area contributed by atoms with Crippen LogP contribution in [0.4, 0.5) is 5.82 Å². The average molecular weight is 506 g/mol. The molecule has 5 rings (SSSR count). The number of hydrogen-bond donors (Lipinski definition) is 0. The summed E-state index contributed by atoms with van der Waals surface area (Å²) in [6.07, 6.45) is 4.36. The average Bonchev–Trinajstić information content (AvgIpc) is 3.37. The number of nitrogens with zero attached hydrogens (tertiary/aromatic N) is 7. The first-order valence-electron chi connectivity index (χ1n) is 12.3. The lowest BCUT2D eigenvalue weighted by Gasteiger charge is -2.37. The van der Waals surface area contributed by atoms with Crippen LogP contribution in [0.2, 0.25) is 0 Å². The standard InChI is InChI=1S/C26H31N7O4/c1-17(34)33-8-7-21-22(16-33)28-24(18-14-27-30(2)15-18)25(29-21)31-9-11-32(12-10-31)26(35)20-6-5-19(36-3)13-23(20)37-4/h5-6,13-15H,7-12,16H2,1-4H3. The molecular formula is C26H31N7O4. The van der Waals surface area contributed by atoms with Gasteiger partial charge in [0.1, 0.15) is 17.2 Å². The molecule has 3 aromatic rings. The fourth-order valence-corrected chi connectivity index (χ4v) is 4.82. The van der Waals surface area contributed by atoms with E-state index in [0.717, 1.165) is 28.5 Å². The zero-order valence-corrected chi connectivity index (χ0v) is 21.6. The van der Waals surface area contributed by atoms with Gasteiger partial charge in [-0.2, -0.15) is 5.10 Å². The van der Waals surface area contributed by atoms with Crippen molar-refractivity contribution in [3.05, 3.63) is 47.5 Å². The van der Waals surface area contributed by atoms with E-state index >= 15 is 0 Å². The Balaban J connectivity index is 1.39. The van der Waals surface area contributed by atoms with Crippen molar-refractivity contribution in [2.24, 2.45) is 7.05 Å². The van der Waals surface area contributed by atoms with Crippen LogP contribution in [-0.2, 0) is 24.8 Å². The molecule has 4 heterocycles. The predicted molar refractivity (Wildman–Crippen MR) is 137 cm³/mol. The predicted octanol–water partition coefficient (Wildman–Crippen LogP) is 1.76. The molecule has 0 aliphatic carbocycles. The van der Waals surface area contributed by atoms with Crippen LogP contribution in [0, 0.1) is 0 Å². The number of aryl methyl sites for hydroxylation is 1. The second kappa shape index (κ2) is 10.1. The molecule has 2 aliphatic heterocycles. The molecule has 2 amide bonds. The minimum Gasteiger partial charge on any atom is -0.497 e. The molecular weight excluding hydrogens is 474 g/mol. The summed E-state index contributed by atoms with van der Waals surface area (Å²) in [5.41, 5.74) is 3.87. The van der Waals surface area contributed by atoms with Crippen molar-refractivity contribution in [2.75, 3.05) is 51.8 Å². The molecule has 37 heavy (non-hydrogen) atoms. The summed E-state index contributed by atoms with van der Waals surface area (Å²) in [6, 6.07) is 5.23. The number of rotatable bonds is 5. The maximum absolute atomic E-state index is 13.3. The molecule has 0 saturated carbocycles. The Labute approximate surface area is 215 Å². The Morgan fingerprint density at radius 3 is 2.38 bits per heavy atom. The van der Waals surface area contributed by atoms with E-state index in [1.807, 2.05) is 18.1 Å². The first-order valence-corrected chi connectivity index (χ1v) is 12.3. The number of carbonyl (C=O) groups is 2. The largest absolute Gasteiger partial charge is 0.497 e. The Bertz CT molecular complexity index is 1330. The lowest BCUT2D eigenvalue weighted by molar-refractivity contribution is -0.129. The lowest BCUT2D eigenvalue weighted by atomic mass is 10.1. The summed E-state index contributed by atoms with van der Waals surface area (Å²) in [5.74, 6) is 1.88. The topological polar surface area (TPSA) is 106 Å². The lowest BCUT2D eigenvalue weighted by Crippen LogP contribution is -2.49. The highest BCUT2D eigenvalue weighted by Crippen LogP contribution is 2.32. The molecule has 0 radical (unpaired) electrons. The van der Waals surface area contributed by atoms with E-state index in [1.54, 1.807) is 55.1 Å². The molecule has 194 valence electrons. The Kier molecular flexibility index (Phi) is 6.68. The first kappa shape index (κ1) is 24.5. The quantitative estimate of drug-likeness (QED) is 0.517. The summed E-state index contributed by atoms with van der Waals surface area (Å²) >= 11 is 0. The molecule has 0 spiro atoms. The number of hydrogen-bond acceptors (Lipinski definition) is 8. The summed E-state index contributed by atoms with van der Waals surface area (Å²) in [6.45, 7) is 4.98. The number of ether oxygens (including phenoxy) is 2. The van der Waals surface area contributed by atoms with Crippen molar-refractivity contribution in [1.82, 2.24) is 29.5 Å². The van der Waals surface area contributed by atoms with Crippen LogP contribution in [0.25, 0.3) is 11.3 Å². The van der Waals surface area contributed by atoms with Gasteiger partial charge in [0.2, 0.25) is 5.91 Å². The molecule has 1 saturated heterocycles. The van der Waals surface area contributed by atoms with Crippen LogP contribution in [0.3, 0.4) is 0 Å². The van der Waals surface area contributed by atoms with Gasteiger partial charge >= 0.3 is 0 Å². The van der Waals surface area contributed by atoms with Crippen LogP contribution in [0.15, 0.2) is 30.6 Å². The van der Waals surface area contributed by atoms with Gasteiger partial charge in [-0.1, -0.05) is 0 Å². The monoisotopic (exact) mass is 505 g/mol. The fourth-order valence-electron chi connectivity index (χ4n) is 4.82. The van der Waals surface area contributed by atoms with E-state index in [4.69, 9.17) is 19.4 Å². The number of amides is 2. The Hall–Kier alpha value is -4.15. The van der Waals surface area contributed by atoms with Crippen molar-refractivity contribution in [1.29, 1.82) is 0 Å². The summed E-state index contributed by atoms with van der Waals surface area (Å²) < 4.78 is 12.4. The summed E-state index contributed by atoms with van der Waals surface area (Å²) in [5, 5.41) is 4.32. The minimum absolute atomic E-state index is 0.0359. The molecule has 1 fully saturated rings. The smallest absolute Gasteiger partial charge is 0.257 e. The molecule has 0 atom stereocenters. The molecule has 1 aromatic carbocycles. The molecule has 11 nitrogen and oxygen atoms in total. The summed E-state index contributed by atoms with van der Waals surface area (Å²) in [4.78, 5) is 41.1. The van der Waals surface area contributed by atoms with E-state index in [2.05, 4.69) is 10.00 Å². The third kappa shape index (κ3) is 4.81. The SMILES string of the molecule is COc1ccc(C(=O)N2CCN(c3nc4c(nc3-c3cnn(C)c3)CN(C(C)=O)CC4)CC2)c(OC)c1. The maximum Gasteiger partial charge on any atom is 0.257 e. The van der Waals surface area contributed by atoms with Gasteiger partial charge in [-0.05, 0) is 12.1 Å². The second-order valence-corrected chi connectivity index (χ2v) is 9.23. The van der Waals surface area contributed by atoms with Crippen molar-refractivity contribution in [2.45, 2.75) is 19.9 Å². The zero-order chi connectivity index (χ0) is 26.1. The van der Waals surface area contributed by atoms with Gasteiger partial charge in [-0.3, -0.25) is 14.3 Å². The third-order valence-electron chi connectivity index (χ3n) is 6.92. The number of aromatic nitrogens is 4. The van der Waals surface area contributed by atoms with Crippen molar-refractivity contribution in [3.8, 4) is 22.8 Å². The zero-order valence-electron chi connectivity index (χ0n) is 21.6. The Morgan fingerprint density at radius 1 is 0.946 bits per heavy atom. The Morgan fingerprint density at radius 2 is 1.73 bits per heavy atom. The number of piperazine rings is 1. The van der Waals surface area contributed by atoms with E-state index in [9.17, 15) is 9.59 Å². The van der Waals surface area contributed by atoms with Gasteiger partial charge in [-0.25, -0.2) is 9.97 Å². The number of benzene rings is 1. The second-order valence-electron chi connectivity index (χ2n) is 9.23. The van der Waals surface area contributed by atoms with Gasteiger partial charge in [0, 0.05) is 70.9 Å². The first-order chi connectivity index (χ1) is 17.9. The minimum atomic E-state index is -0.0764. The van der Waals surface area contributed by atoms with Crippen LogP contribution in [0.1, 0.15) is 28.7 Å². The highest BCUT2D eigenvalue weighted by molar-refractivity contribution is 5.97. The molecule has 0 N–H and O–H groups in total. The highest BCUT2D eigenvalue weighted by Gasteiger charge is 2.29. The highest BCUT2D eigenvalue weighted by atomic mass is 16.5. The number of carbonyl (C=O) groups excluding carboxylic acids is 2. The van der Waals surface area contributed by atoms with E-state index < -0.39 is 0 Å². The molecule has 0 bridgehead atoms.